The predicted molar refractivity (Wildman–Crippen MR) is 125 cm³/mol. The molecule has 1 aliphatic carbocycles. The van der Waals surface area contributed by atoms with Gasteiger partial charge in [0.25, 0.3) is 0 Å². The van der Waals surface area contributed by atoms with Gasteiger partial charge < -0.3 is 9.47 Å². The smallest absolute Gasteiger partial charge is 0.306 e. The van der Waals surface area contributed by atoms with Crippen molar-refractivity contribution in [1.82, 2.24) is 0 Å². The fourth-order valence-electron chi connectivity index (χ4n) is 5.58. The van der Waals surface area contributed by atoms with Crippen molar-refractivity contribution in [2.75, 3.05) is 6.61 Å². The third-order valence-corrected chi connectivity index (χ3v) is 7.21. The van der Waals surface area contributed by atoms with E-state index in [0.29, 0.717) is 44.9 Å². The zero-order valence-electron chi connectivity index (χ0n) is 19.0. The molecule has 1 aromatic carbocycles. The largest absolute Gasteiger partial charge is 0.461 e. The van der Waals surface area contributed by atoms with Crippen LogP contribution >= 0.6 is 0 Å². The molecule has 174 valence electrons. The van der Waals surface area contributed by atoms with Crippen LogP contribution in [0.25, 0.3) is 0 Å². The first-order valence-corrected chi connectivity index (χ1v) is 11.9. The van der Waals surface area contributed by atoms with E-state index in [2.05, 4.69) is 13.2 Å². The van der Waals surface area contributed by atoms with Crippen molar-refractivity contribution in [3.8, 4) is 0 Å². The Kier molecular flexibility index (Phi) is 7.08. The molecule has 5 heteroatoms. The molecule has 5 atom stereocenters. The van der Waals surface area contributed by atoms with Gasteiger partial charge in [-0.1, -0.05) is 67.3 Å². The third kappa shape index (κ3) is 4.79. The summed E-state index contributed by atoms with van der Waals surface area (Å²) in [7, 11) is 0. The van der Waals surface area contributed by atoms with E-state index in [1.165, 1.54) is 6.08 Å². The first kappa shape index (κ1) is 23.4. The summed E-state index contributed by atoms with van der Waals surface area (Å²) < 4.78 is 11.2. The van der Waals surface area contributed by atoms with Crippen LogP contribution < -0.4 is 0 Å². The van der Waals surface area contributed by atoms with Crippen molar-refractivity contribution in [1.29, 1.82) is 0 Å². The average Bonchev–Trinajstić information content (AvgIpc) is 3.46. The predicted octanol–water partition coefficient (Wildman–Crippen LogP) is 4.56. The summed E-state index contributed by atoms with van der Waals surface area (Å²) in [5.74, 6) is -0.360. The summed E-state index contributed by atoms with van der Waals surface area (Å²) in [6.07, 6.45) is 9.01. The molecule has 0 aromatic heterocycles. The van der Waals surface area contributed by atoms with Gasteiger partial charge in [0, 0.05) is 31.1 Å². The van der Waals surface area contributed by atoms with Gasteiger partial charge in [0.05, 0.1) is 17.6 Å². The van der Waals surface area contributed by atoms with Gasteiger partial charge in [-0.2, -0.15) is 0 Å². The minimum Gasteiger partial charge on any atom is -0.461 e. The number of esters is 1. The number of ketones is 2. The SMILES string of the molecule is C=CCOC(=O)CCCCC(=O)CCC12C=CC(O1)C1C(=C)C(Cc3ccccc3)C(=O)C12. The molecule has 5 unspecified atom stereocenters. The fraction of sp³-hybridized carbons (Fsp3) is 0.464. The van der Waals surface area contributed by atoms with Crippen LogP contribution in [0.1, 0.15) is 44.1 Å². The Labute approximate surface area is 195 Å². The monoisotopic (exact) mass is 448 g/mol. The number of fused-ring (bicyclic) bond motifs is 5. The van der Waals surface area contributed by atoms with Crippen LogP contribution in [-0.4, -0.2) is 35.8 Å². The molecule has 0 N–H and O–H groups in total. The third-order valence-electron chi connectivity index (χ3n) is 7.21. The maximum absolute atomic E-state index is 13.5. The Hall–Kier alpha value is -2.79. The normalized spacial score (nSPS) is 29.3. The minimum absolute atomic E-state index is 0.00731. The Morgan fingerprint density at radius 2 is 1.88 bits per heavy atom. The highest BCUT2D eigenvalue weighted by Crippen LogP contribution is 2.58. The molecule has 2 aliphatic heterocycles. The van der Waals surface area contributed by atoms with E-state index < -0.39 is 5.60 Å². The van der Waals surface area contributed by atoms with Gasteiger partial charge in [0.2, 0.25) is 0 Å². The number of rotatable bonds is 12. The van der Waals surface area contributed by atoms with Crippen molar-refractivity contribution in [2.24, 2.45) is 17.8 Å². The summed E-state index contributed by atoms with van der Waals surface area (Å²) >= 11 is 0. The second-order valence-corrected chi connectivity index (χ2v) is 9.34. The molecule has 0 radical (unpaired) electrons. The molecule has 2 heterocycles. The van der Waals surface area contributed by atoms with Crippen LogP contribution in [-0.2, 0) is 30.3 Å². The zero-order valence-corrected chi connectivity index (χ0v) is 19.0. The van der Waals surface area contributed by atoms with Crippen LogP contribution in [0.3, 0.4) is 0 Å². The van der Waals surface area contributed by atoms with Crippen LogP contribution in [0.15, 0.2) is 67.3 Å². The van der Waals surface area contributed by atoms with Gasteiger partial charge in [-0.25, -0.2) is 0 Å². The molecule has 1 saturated heterocycles. The van der Waals surface area contributed by atoms with Crippen molar-refractivity contribution >= 4 is 17.5 Å². The molecule has 3 aliphatic rings. The lowest BCUT2D eigenvalue weighted by molar-refractivity contribution is -0.142. The molecule has 5 nitrogen and oxygen atoms in total. The Morgan fingerprint density at radius 3 is 2.64 bits per heavy atom. The van der Waals surface area contributed by atoms with Crippen LogP contribution in [0, 0.1) is 17.8 Å². The number of hydrogen-bond donors (Lipinski definition) is 0. The molecular formula is C28H32O5. The van der Waals surface area contributed by atoms with Crippen molar-refractivity contribution in [2.45, 2.75) is 56.7 Å². The molecule has 1 aromatic rings. The van der Waals surface area contributed by atoms with Gasteiger partial charge in [0.1, 0.15) is 18.2 Å². The summed E-state index contributed by atoms with van der Waals surface area (Å²) in [6, 6.07) is 10.0. The number of carbonyl (C=O) groups is 3. The van der Waals surface area contributed by atoms with Crippen molar-refractivity contribution in [3.63, 3.8) is 0 Å². The average molecular weight is 449 g/mol. The van der Waals surface area contributed by atoms with E-state index in [0.717, 1.165) is 11.1 Å². The quantitative estimate of drug-likeness (QED) is 0.266. The second kappa shape index (κ2) is 10.0. The second-order valence-electron chi connectivity index (χ2n) is 9.34. The summed E-state index contributed by atoms with van der Waals surface area (Å²) in [5.41, 5.74) is 1.42. The fourth-order valence-corrected chi connectivity index (χ4v) is 5.58. The van der Waals surface area contributed by atoms with Gasteiger partial charge in [-0.15, -0.1) is 0 Å². The molecule has 33 heavy (non-hydrogen) atoms. The van der Waals surface area contributed by atoms with E-state index in [1.54, 1.807) is 0 Å². The molecule has 1 saturated carbocycles. The van der Waals surface area contributed by atoms with Gasteiger partial charge >= 0.3 is 5.97 Å². The molecule has 2 fully saturated rings. The molecule has 4 rings (SSSR count). The number of Topliss-reactive ketones (excluding diaryl/α,β-unsaturated/α-hetero) is 2. The Bertz CT molecular complexity index is 962. The van der Waals surface area contributed by atoms with Crippen molar-refractivity contribution < 1.29 is 23.9 Å². The maximum atomic E-state index is 13.5. The topological polar surface area (TPSA) is 69.7 Å². The van der Waals surface area contributed by atoms with Gasteiger partial charge in [0.15, 0.2) is 0 Å². The highest BCUT2D eigenvalue weighted by atomic mass is 16.5. The Balaban J connectivity index is 1.30. The highest BCUT2D eigenvalue weighted by Gasteiger charge is 2.64. The number of ether oxygens (including phenoxy) is 2. The molecule has 2 bridgehead atoms. The zero-order chi connectivity index (χ0) is 23.4. The number of hydrogen-bond acceptors (Lipinski definition) is 5. The maximum Gasteiger partial charge on any atom is 0.306 e. The van der Waals surface area contributed by atoms with E-state index >= 15 is 0 Å². The number of unbranched alkanes of at least 4 members (excludes halogenated alkanes) is 1. The highest BCUT2D eigenvalue weighted by molar-refractivity contribution is 5.93. The molecule has 0 spiro atoms. The van der Waals surface area contributed by atoms with E-state index in [-0.39, 0.29) is 48.0 Å². The lowest BCUT2D eigenvalue weighted by Gasteiger charge is -2.29. The first-order valence-electron chi connectivity index (χ1n) is 11.9. The number of benzene rings is 1. The standard InChI is InChI=1S/C28H32O5/c1-3-17-32-24(30)12-8-7-11-21(29)13-15-28-16-14-23(33-28)25-19(2)22(27(31)26(25)28)18-20-9-5-4-6-10-20/h3-6,9-10,14,16,22-23,25-26H,1-2,7-8,11-13,15,17-18H2. The summed E-state index contributed by atoms with van der Waals surface area (Å²) in [4.78, 5) is 37.5. The van der Waals surface area contributed by atoms with E-state index in [1.807, 2.05) is 42.5 Å². The van der Waals surface area contributed by atoms with Crippen LogP contribution in [0.4, 0.5) is 0 Å². The first-order chi connectivity index (χ1) is 15.9. The lowest BCUT2D eigenvalue weighted by atomic mass is 9.74. The summed E-state index contributed by atoms with van der Waals surface area (Å²) in [6.45, 7) is 8.03. The molecule has 0 amide bonds. The van der Waals surface area contributed by atoms with E-state index in [4.69, 9.17) is 9.47 Å². The number of carbonyl (C=O) groups excluding carboxylic acids is 3. The lowest BCUT2D eigenvalue weighted by Crippen LogP contribution is -2.39. The molecular weight excluding hydrogens is 416 g/mol. The van der Waals surface area contributed by atoms with Crippen molar-refractivity contribution in [3.05, 3.63) is 72.9 Å². The van der Waals surface area contributed by atoms with E-state index in [9.17, 15) is 14.4 Å². The van der Waals surface area contributed by atoms with Gasteiger partial charge in [-0.05, 0) is 31.2 Å². The Morgan fingerprint density at radius 1 is 1.12 bits per heavy atom. The van der Waals surface area contributed by atoms with Crippen LogP contribution in [0.5, 0.6) is 0 Å². The van der Waals surface area contributed by atoms with Gasteiger partial charge in [-0.3, -0.25) is 14.4 Å². The summed E-state index contributed by atoms with van der Waals surface area (Å²) in [5, 5.41) is 0. The van der Waals surface area contributed by atoms with Crippen LogP contribution in [0.2, 0.25) is 0 Å². The minimum atomic E-state index is -0.690.